The van der Waals surface area contributed by atoms with Gasteiger partial charge in [-0.05, 0) is 60.7 Å². The van der Waals surface area contributed by atoms with Gasteiger partial charge in [-0.3, -0.25) is 19.1 Å². The fourth-order valence-electron chi connectivity index (χ4n) is 4.59. The van der Waals surface area contributed by atoms with E-state index in [-0.39, 0.29) is 0 Å². The molecule has 0 aliphatic carbocycles. The standard InChI is InChI=1S/C29H19N7/c1-3-10-26-22(6-1)33-28(35(26)20-12-16-30-17-13-20)24-8-5-9-25(32-24)29-34-23-7-2-4-11-27(23)36(29)21-14-18-31-19-15-21/h1-19H. The zero-order valence-corrected chi connectivity index (χ0v) is 19.1. The molecule has 7 heteroatoms. The van der Waals surface area contributed by atoms with Crippen LogP contribution < -0.4 is 0 Å². The molecule has 0 N–H and O–H groups in total. The summed E-state index contributed by atoms with van der Waals surface area (Å²) >= 11 is 0. The minimum atomic E-state index is 0.758. The van der Waals surface area contributed by atoms with Crippen molar-refractivity contribution in [3.8, 4) is 34.4 Å². The van der Waals surface area contributed by atoms with Gasteiger partial charge in [-0.2, -0.15) is 0 Å². The van der Waals surface area contributed by atoms with Gasteiger partial charge in [-0.1, -0.05) is 30.3 Å². The Hall–Kier alpha value is -5.17. The molecule has 0 saturated carbocycles. The van der Waals surface area contributed by atoms with Crippen molar-refractivity contribution in [1.29, 1.82) is 0 Å². The molecule has 0 fully saturated rings. The quantitative estimate of drug-likeness (QED) is 0.324. The maximum Gasteiger partial charge on any atom is 0.164 e. The lowest BCUT2D eigenvalue weighted by molar-refractivity contribution is 1.05. The van der Waals surface area contributed by atoms with Crippen LogP contribution >= 0.6 is 0 Å². The summed E-state index contributed by atoms with van der Waals surface area (Å²) in [6, 6.07) is 30.1. The Balaban J connectivity index is 1.46. The molecule has 0 atom stereocenters. The van der Waals surface area contributed by atoms with E-state index in [0.717, 1.165) is 56.5 Å². The average Bonchev–Trinajstić information content (AvgIpc) is 3.53. The summed E-state index contributed by atoms with van der Waals surface area (Å²) in [5.74, 6) is 1.52. The van der Waals surface area contributed by atoms with Crippen LogP contribution in [0.25, 0.3) is 56.5 Å². The highest BCUT2D eigenvalue weighted by atomic mass is 15.1. The fourth-order valence-corrected chi connectivity index (χ4v) is 4.59. The molecular weight excluding hydrogens is 446 g/mol. The van der Waals surface area contributed by atoms with Gasteiger partial charge in [-0.15, -0.1) is 0 Å². The number of benzene rings is 2. The van der Waals surface area contributed by atoms with Gasteiger partial charge in [0.2, 0.25) is 0 Å². The van der Waals surface area contributed by atoms with E-state index in [9.17, 15) is 0 Å². The van der Waals surface area contributed by atoms with Crippen LogP contribution in [0.3, 0.4) is 0 Å². The van der Waals surface area contributed by atoms with E-state index >= 15 is 0 Å². The van der Waals surface area contributed by atoms with Crippen LogP contribution in [-0.2, 0) is 0 Å². The Kier molecular flexibility index (Phi) is 4.63. The van der Waals surface area contributed by atoms with Crippen molar-refractivity contribution in [2.45, 2.75) is 0 Å². The van der Waals surface area contributed by atoms with E-state index in [1.807, 2.05) is 78.9 Å². The third-order valence-electron chi connectivity index (χ3n) is 6.17. The molecule has 0 spiro atoms. The minimum absolute atomic E-state index is 0.758. The summed E-state index contributed by atoms with van der Waals surface area (Å²) < 4.78 is 4.24. The second-order valence-corrected chi connectivity index (χ2v) is 8.34. The van der Waals surface area contributed by atoms with Crippen molar-refractivity contribution in [1.82, 2.24) is 34.1 Å². The molecule has 36 heavy (non-hydrogen) atoms. The number of nitrogens with zero attached hydrogens (tertiary/aromatic N) is 7. The van der Waals surface area contributed by atoms with Gasteiger partial charge < -0.3 is 0 Å². The summed E-state index contributed by atoms with van der Waals surface area (Å²) in [4.78, 5) is 23.4. The Morgan fingerprint density at radius 3 is 1.33 bits per heavy atom. The van der Waals surface area contributed by atoms with Crippen LogP contribution in [0.2, 0.25) is 0 Å². The monoisotopic (exact) mass is 465 g/mol. The second kappa shape index (κ2) is 8.25. The molecule has 0 aliphatic heterocycles. The lowest BCUT2D eigenvalue weighted by Gasteiger charge is -2.11. The van der Waals surface area contributed by atoms with E-state index < -0.39 is 0 Å². The number of rotatable bonds is 4. The highest BCUT2D eigenvalue weighted by Gasteiger charge is 2.19. The predicted molar refractivity (Wildman–Crippen MR) is 140 cm³/mol. The van der Waals surface area contributed by atoms with Gasteiger partial charge in [0.15, 0.2) is 11.6 Å². The fraction of sp³-hybridized carbons (Fsp3) is 0. The molecule has 0 aliphatic rings. The molecule has 170 valence electrons. The largest absolute Gasteiger partial charge is 0.291 e. The van der Waals surface area contributed by atoms with Gasteiger partial charge in [0.1, 0.15) is 11.4 Å². The number of aromatic nitrogens is 7. The van der Waals surface area contributed by atoms with Crippen molar-refractivity contribution in [3.63, 3.8) is 0 Å². The van der Waals surface area contributed by atoms with Gasteiger partial charge in [-0.25, -0.2) is 15.0 Å². The Morgan fingerprint density at radius 2 is 0.861 bits per heavy atom. The maximum atomic E-state index is 5.08. The van der Waals surface area contributed by atoms with E-state index in [1.165, 1.54) is 0 Å². The van der Waals surface area contributed by atoms with Crippen molar-refractivity contribution in [2.75, 3.05) is 0 Å². The minimum Gasteiger partial charge on any atom is -0.291 e. The molecule has 0 radical (unpaired) electrons. The number of pyridine rings is 3. The van der Waals surface area contributed by atoms with Crippen molar-refractivity contribution < 1.29 is 0 Å². The molecular formula is C29H19N7. The van der Waals surface area contributed by atoms with Crippen molar-refractivity contribution >= 4 is 22.1 Å². The zero-order chi connectivity index (χ0) is 23.9. The number of imidazole rings is 2. The number of hydrogen-bond acceptors (Lipinski definition) is 5. The molecule has 2 aromatic carbocycles. The van der Waals surface area contributed by atoms with E-state index in [0.29, 0.717) is 0 Å². The maximum absolute atomic E-state index is 5.08. The second-order valence-electron chi connectivity index (χ2n) is 8.34. The van der Waals surface area contributed by atoms with E-state index in [1.54, 1.807) is 24.8 Å². The first-order valence-electron chi connectivity index (χ1n) is 11.6. The first-order chi connectivity index (χ1) is 17.9. The number of hydrogen-bond donors (Lipinski definition) is 0. The first kappa shape index (κ1) is 20.2. The van der Waals surface area contributed by atoms with Crippen LogP contribution in [0.15, 0.2) is 116 Å². The van der Waals surface area contributed by atoms with Crippen molar-refractivity contribution in [2.24, 2.45) is 0 Å². The number of para-hydroxylation sites is 4. The third kappa shape index (κ3) is 3.25. The Morgan fingerprint density at radius 1 is 0.417 bits per heavy atom. The lowest BCUT2D eigenvalue weighted by Crippen LogP contribution is -2.02. The van der Waals surface area contributed by atoms with Crippen LogP contribution in [0, 0.1) is 0 Å². The molecule has 5 aromatic heterocycles. The van der Waals surface area contributed by atoms with Gasteiger partial charge >= 0.3 is 0 Å². The van der Waals surface area contributed by atoms with Crippen LogP contribution in [0.1, 0.15) is 0 Å². The van der Waals surface area contributed by atoms with Crippen molar-refractivity contribution in [3.05, 3.63) is 116 Å². The summed E-state index contributed by atoms with van der Waals surface area (Å²) in [6.07, 6.45) is 7.15. The topological polar surface area (TPSA) is 74.3 Å². The molecule has 7 rings (SSSR count). The molecule has 7 aromatic rings. The highest BCUT2D eigenvalue weighted by molar-refractivity contribution is 5.84. The Bertz CT molecular complexity index is 1700. The molecule has 7 nitrogen and oxygen atoms in total. The smallest absolute Gasteiger partial charge is 0.164 e. The summed E-state index contributed by atoms with van der Waals surface area (Å²) in [5, 5.41) is 0. The SMILES string of the molecule is c1cc(-c2nc3ccccc3n2-c2ccncc2)nc(-c2nc3ccccc3n2-c2ccncc2)c1. The molecule has 5 heterocycles. The molecule has 0 unspecified atom stereocenters. The molecule has 0 saturated heterocycles. The zero-order valence-electron chi connectivity index (χ0n) is 19.1. The normalized spacial score (nSPS) is 11.3. The summed E-state index contributed by atoms with van der Waals surface area (Å²) in [5.41, 5.74) is 7.29. The van der Waals surface area contributed by atoms with Gasteiger partial charge in [0.05, 0.1) is 33.4 Å². The van der Waals surface area contributed by atoms with E-state index in [2.05, 4.69) is 31.2 Å². The summed E-state index contributed by atoms with van der Waals surface area (Å²) in [7, 11) is 0. The van der Waals surface area contributed by atoms with Crippen LogP contribution in [0.5, 0.6) is 0 Å². The van der Waals surface area contributed by atoms with Gasteiger partial charge in [0, 0.05) is 24.8 Å². The number of fused-ring (bicyclic) bond motifs is 2. The predicted octanol–water partition coefficient (Wildman–Crippen LogP) is 5.88. The third-order valence-corrected chi connectivity index (χ3v) is 6.17. The summed E-state index contributed by atoms with van der Waals surface area (Å²) in [6.45, 7) is 0. The lowest BCUT2D eigenvalue weighted by atomic mass is 10.2. The molecule has 0 amide bonds. The van der Waals surface area contributed by atoms with E-state index in [4.69, 9.17) is 15.0 Å². The molecule has 0 bridgehead atoms. The average molecular weight is 466 g/mol. The first-order valence-corrected chi connectivity index (χ1v) is 11.6. The van der Waals surface area contributed by atoms with Crippen LogP contribution in [-0.4, -0.2) is 34.1 Å². The van der Waals surface area contributed by atoms with Gasteiger partial charge in [0.25, 0.3) is 0 Å². The van der Waals surface area contributed by atoms with Crippen LogP contribution in [0.4, 0.5) is 0 Å². The highest BCUT2D eigenvalue weighted by Crippen LogP contribution is 2.31. The Labute approximate surface area is 206 Å².